The molecule has 0 aliphatic carbocycles. The zero-order chi connectivity index (χ0) is 24.4. The van der Waals surface area contributed by atoms with E-state index < -0.39 is 11.9 Å². The highest BCUT2D eigenvalue weighted by Gasteiger charge is 2.35. The third-order valence-electron chi connectivity index (χ3n) is 5.55. The number of nitrogens with two attached hydrogens (primary N) is 1. The van der Waals surface area contributed by atoms with Crippen molar-refractivity contribution in [2.75, 3.05) is 33.3 Å². The first-order valence-electron chi connectivity index (χ1n) is 10.7. The van der Waals surface area contributed by atoms with Gasteiger partial charge in [0.05, 0.1) is 33.5 Å². The number of anilines is 1. The molecule has 0 fully saturated rings. The van der Waals surface area contributed by atoms with E-state index in [2.05, 4.69) is 10.3 Å². The van der Waals surface area contributed by atoms with Crippen molar-refractivity contribution in [2.24, 2.45) is 5.73 Å². The Labute approximate surface area is 197 Å². The molecular formula is C24H27N5O5. The number of nitrogens with one attached hydrogen (secondary N) is 1. The van der Waals surface area contributed by atoms with E-state index >= 15 is 0 Å². The monoisotopic (exact) mass is 465 g/mol. The molecule has 1 aliphatic rings. The number of rotatable bonds is 8. The molecule has 2 heterocycles. The minimum Gasteiger partial charge on any atom is -0.494 e. The van der Waals surface area contributed by atoms with Crippen molar-refractivity contribution in [3.63, 3.8) is 0 Å². The van der Waals surface area contributed by atoms with Gasteiger partial charge in [-0.2, -0.15) is 4.98 Å². The van der Waals surface area contributed by atoms with Gasteiger partial charge in [-0.05, 0) is 32.0 Å². The summed E-state index contributed by atoms with van der Waals surface area (Å²) >= 11 is 0. The normalized spacial score (nSPS) is 14.8. The van der Waals surface area contributed by atoms with Gasteiger partial charge in [0.25, 0.3) is 0 Å². The van der Waals surface area contributed by atoms with Gasteiger partial charge >= 0.3 is 0 Å². The zero-order valence-electron chi connectivity index (χ0n) is 19.7. The van der Waals surface area contributed by atoms with E-state index in [1.165, 1.54) is 7.11 Å². The predicted molar refractivity (Wildman–Crippen MR) is 126 cm³/mol. The van der Waals surface area contributed by atoms with Crippen molar-refractivity contribution in [2.45, 2.75) is 19.9 Å². The van der Waals surface area contributed by atoms with Crippen LogP contribution in [0.15, 0.2) is 47.7 Å². The van der Waals surface area contributed by atoms with E-state index in [1.807, 2.05) is 31.2 Å². The first-order chi connectivity index (χ1) is 16.4. The summed E-state index contributed by atoms with van der Waals surface area (Å²) in [5, 5.41) is 7.90. The third kappa shape index (κ3) is 3.87. The van der Waals surface area contributed by atoms with Gasteiger partial charge in [0.1, 0.15) is 11.8 Å². The molecule has 0 unspecified atom stereocenters. The number of primary amides is 1. The van der Waals surface area contributed by atoms with E-state index in [-0.39, 0.29) is 0 Å². The molecule has 3 aromatic rings. The maximum Gasteiger partial charge on any atom is 0.248 e. The van der Waals surface area contributed by atoms with Crippen LogP contribution in [-0.2, 0) is 4.79 Å². The number of nitrogens with zero attached hydrogens (tertiary/aromatic N) is 3. The third-order valence-corrected chi connectivity index (χ3v) is 5.55. The zero-order valence-corrected chi connectivity index (χ0v) is 19.7. The number of para-hydroxylation sites is 1. The van der Waals surface area contributed by atoms with Crippen LogP contribution in [0.1, 0.15) is 25.5 Å². The first-order valence-corrected chi connectivity index (χ1v) is 10.7. The van der Waals surface area contributed by atoms with Gasteiger partial charge in [-0.15, -0.1) is 5.10 Å². The van der Waals surface area contributed by atoms with E-state index in [9.17, 15) is 4.79 Å². The summed E-state index contributed by atoms with van der Waals surface area (Å²) in [5.41, 5.74) is 8.18. The Bertz CT molecular complexity index is 1240. The van der Waals surface area contributed by atoms with Crippen molar-refractivity contribution in [1.82, 2.24) is 14.8 Å². The second kappa shape index (κ2) is 9.34. The number of carbonyl (C=O) groups is 1. The fourth-order valence-electron chi connectivity index (χ4n) is 4.08. The van der Waals surface area contributed by atoms with Crippen molar-refractivity contribution < 1.29 is 23.7 Å². The van der Waals surface area contributed by atoms with Crippen LogP contribution in [0.3, 0.4) is 0 Å². The first kappa shape index (κ1) is 23.0. The quantitative estimate of drug-likeness (QED) is 0.520. The van der Waals surface area contributed by atoms with Crippen LogP contribution < -0.4 is 30.0 Å². The molecule has 0 radical (unpaired) electrons. The van der Waals surface area contributed by atoms with Gasteiger partial charge in [-0.3, -0.25) is 4.79 Å². The van der Waals surface area contributed by atoms with Gasteiger partial charge < -0.3 is 30.0 Å². The number of hydrogen-bond acceptors (Lipinski definition) is 8. The Morgan fingerprint density at radius 2 is 1.76 bits per heavy atom. The van der Waals surface area contributed by atoms with Crippen molar-refractivity contribution in [3.05, 3.63) is 53.2 Å². The number of fused-ring (bicyclic) bond motifs is 1. The van der Waals surface area contributed by atoms with Crippen molar-refractivity contribution in [3.8, 4) is 34.4 Å². The molecule has 1 aliphatic heterocycles. The molecule has 34 heavy (non-hydrogen) atoms. The van der Waals surface area contributed by atoms with Crippen LogP contribution >= 0.6 is 0 Å². The summed E-state index contributed by atoms with van der Waals surface area (Å²) in [7, 11) is 4.63. The maximum absolute atomic E-state index is 12.5. The lowest BCUT2D eigenvalue weighted by Gasteiger charge is -2.28. The Kier molecular flexibility index (Phi) is 6.31. The highest BCUT2D eigenvalue weighted by Crippen LogP contribution is 2.43. The summed E-state index contributed by atoms with van der Waals surface area (Å²) in [5.74, 6) is 2.36. The highest BCUT2D eigenvalue weighted by molar-refractivity contribution is 5.95. The molecule has 0 saturated heterocycles. The number of benzene rings is 2. The van der Waals surface area contributed by atoms with Crippen LogP contribution in [-0.4, -0.2) is 48.6 Å². The van der Waals surface area contributed by atoms with Crippen LogP contribution in [0.5, 0.6) is 23.0 Å². The topological polar surface area (TPSA) is 123 Å². The number of allylic oxidation sites excluding steroid dienone is 1. The van der Waals surface area contributed by atoms with Crippen LogP contribution in [0.4, 0.5) is 5.95 Å². The molecule has 3 N–H and O–H groups in total. The Balaban J connectivity index is 1.90. The van der Waals surface area contributed by atoms with Gasteiger partial charge in [0.2, 0.25) is 17.6 Å². The summed E-state index contributed by atoms with van der Waals surface area (Å²) in [6.45, 7) is 4.16. The van der Waals surface area contributed by atoms with Gasteiger partial charge in [0.15, 0.2) is 17.3 Å². The smallest absolute Gasteiger partial charge is 0.248 e. The lowest BCUT2D eigenvalue weighted by Crippen LogP contribution is -2.32. The van der Waals surface area contributed by atoms with Crippen LogP contribution in [0.2, 0.25) is 0 Å². The lowest BCUT2D eigenvalue weighted by atomic mass is 9.94. The van der Waals surface area contributed by atoms with Gasteiger partial charge in [0, 0.05) is 16.8 Å². The number of amides is 1. The molecular weight excluding hydrogens is 438 g/mol. The minimum absolute atomic E-state index is 0.376. The average molecular weight is 466 g/mol. The van der Waals surface area contributed by atoms with E-state index in [4.69, 9.17) is 29.8 Å². The fraction of sp³-hybridized carbons (Fsp3) is 0.292. The number of aromatic nitrogens is 3. The van der Waals surface area contributed by atoms with E-state index in [1.54, 1.807) is 38.0 Å². The summed E-state index contributed by atoms with van der Waals surface area (Å²) in [6, 6.07) is 10.4. The van der Waals surface area contributed by atoms with E-state index in [0.717, 1.165) is 5.56 Å². The van der Waals surface area contributed by atoms with Crippen LogP contribution in [0, 0.1) is 0 Å². The fourth-order valence-corrected chi connectivity index (χ4v) is 4.08. The molecule has 1 amide bonds. The Morgan fingerprint density at radius 1 is 1.09 bits per heavy atom. The molecule has 0 saturated carbocycles. The van der Waals surface area contributed by atoms with E-state index in [0.29, 0.717) is 58.2 Å². The number of ether oxygens (including phenoxy) is 4. The largest absolute Gasteiger partial charge is 0.494 e. The van der Waals surface area contributed by atoms with Crippen molar-refractivity contribution >= 4 is 11.9 Å². The summed E-state index contributed by atoms with van der Waals surface area (Å²) in [4.78, 5) is 17.2. The molecule has 4 rings (SSSR count). The Hall–Kier alpha value is -4.21. The molecule has 10 nitrogen and oxygen atoms in total. The SMILES string of the molecule is CCOc1ccccc1[C@@H]1C(C(N)=O)=C(C)Nc2nc(-c3cc(OC)c(OC)c(OC)c3)nn21. The second-order valence-corrected chi connectivity index (χ2v) is 7.52. The standard InChI is InChI=1S/C24H27N5O5/c1-6-34-16-10-8-7-9-15(16)20-19(22(25)30)13(2)26-24-27-23(28-29(20)24)14-11-17(31-3)21(33-5)18(12-14)32-4/h7-12,20H,6H2,1-5H3,(H2,25,30)(H,26,27,28)/t20-/m1/s1. The molecule has 10 heteroatoms. The number of hydrogen-bond donors (Lipinski definition) is 2. The maximum atomic E-state index is 12.5. The van der Waals surface area contributed by atoms with Crippen LogP contribution in [0.25, 0.3) is 11.4 Å². The minimum atomic E-state index is -0.625. The molecule has 0 bridgehead atoms. The molecule has 178 valence electrons. The summed E-state index contributed by atoms with van der Waals surface area (Å²) < 4.78 is 23.8. The van der Waals surface area contributed by atoms with Gasteiger partial charge in [-0.1, -0.05) is 18.2 Å². The molecule has 2 aromatic carbocycles. The predicted octanol–water partition coefficient (Wildman–Crippen LogP) is 3.14. The molecule has 1 aromatic heterocycles. The highest BCUT2D eigenvalue weighted by atomic mass is 16.5. The number of carbonyl (C=O) groups excluding carboxylic acids is 1. The molecule has 0 spiro atoms. The average Bonchev–Trinajstić information content (AvgIpc) is 3.26. The second-order valence-electron chi connectivity index (χ2n) is 7.52. The lowest BCUT2D eigenvalue weighted by molar-refractivity contribution is -0.115. The van der Waals surface area contributed by atoms with Crippen molar-refractivity contribution in [1.29, 1.82) is 0 Å². The molecule has 1 atom stereocenters. The van der Waals surface area contributed by atoms with Gasteiger partial charge in [-0.25, -0.2) is 4.68 Å². The Morgan fingerprint density at radius 3 is 2.35 bits per heavy atom. The number of methoxy groups -OCH3 is 3. The summed E-state index contributed by atoms with van der Waals surface area (Å²) in [6.07, 6.45) is 0.